The number of aliphatic hydroxyl groups excluding tert-OH is 1. The first-order chi connectivity index (χ1) is 10.8. The van der Waals surface area contributed by atoms with Gasteiger partial charge in [-0.15, -0.1) is 0 Å². The molecule has 0 saturated carbocycles. The maximum atomic E-state index is 11.7. The summed E-state index contributed by atoms with van der Waals surface area (Å²) < 4.78 is 5.26. The van der Waals surface area contributed by atoms with Crippen molar-refractivity contribution in [1.82, 2.24) is 5.32 Å². The van der Waals surface area contributed by atoms with Crippen LogP contribution in [0.5, 0.6) is 0 Å². The first kappa shape index (κ1) is 19.5. The molecular formula is C19H31NO3. The summed E-state index contributed by atoms with van der Waals surface area (Å²) in [6, 6.07) is 10.2. The number of hydrogen-bond acceptors (Lipinski definition) is 3. The molecule has 2 N–H and O–H groups in total. The van der Waals surface area contributed by atoms with Crippen molar-refractivity contribution < 1.29 is 14.6 Å². The molecule has 130 valence electrons. The summed E-state index contributed by atoms with van der Waals surface area (Å²) in [5.74, 6) is 0.547. The molecule has 1 aromatic carbocycles. The Bertz CT molecular complexity index is 453. The van der Waals surface area contributed by atoms with Gasteiger partial charge in [0.25, 0.3) is 0 Å². The van der Waals surface area contributed by atoms with E-state index in [-0.39, 0.29) is 18.6 Å². The summed E-state index contributed by atoms with van der Waals surface area (Å²) >= 11 is 0. The molecule has 0 aliphatic carbocycles. The zero-order valence-electron chi connectivity index (χ0n) is 14.8. The normalized spacial score (nSPS) is 14.1. The van der Waals surface area contributed by atoms with E-state index < -0.39 is 5.60 Å². The van der Waals surface area contributed by atoms with Gasteiger partial charge in [0.05, 0.1) is 0 Å². The number of amides is 1. The summed E-state index contributed by atoms with van der Waals surface area (Å²) in [6.45, 7) is 8.41. The van der Waals surface area contributed by atoms with Crippen LogP contribution in [-0.2, 0) is 11.2 Å². The first-order valence-corrected chi connectivity index (χ1v) is 8.45. The molecule has 4 nitrogen and oxygen atoms in total. The van der Waals surface area contributed by atoms with E-state index in [1.165, 1.54) is 5.56 Å². The topological polar surface area (TPSA) is 58.6 Å². The maximum absolute atomic E-state index is 11.7. The van der Waals surface area contributed by atoms with E-state index in [9.17, 15) is 9.90 Å². The van der Waals surface area contributed by atoms with Crippen molar-refractivity contribution in [3.63, 3.8) is 0 Å². The summed E-state index contributed by atoms with van der Waals surface area (Å²) in [7, 11) is 0. The number of hydrogen-bond donors (Lipinski definition) is 2. The van der Waals surface area contributed by atoms with Crippen LogP contribution in [0.1, 0.15) is 46.1 Å². The quantitative estimate of drug-likeness (QED) is 0.766. The highest BCUT2D eigenvalue weighted by Gasteiger charge is 2.19. The largest absolute Gasteiger partial charge is 0.444 e. The minimum absolute atomic E-state index is 0.165. The van der Waals surface area contributed by atoms with Crippen LogP contribution in [0.25, 0.3) is 0 Å². The number of rotatable bonds is 8. The van der Waals surface area contributed by atoms with Gasteiger partial charge in [0.1, 0.15) is 5.60 Å². The molecule has 1 amide bonds. The fraction of sp³-hybridized carbons (Fsp3) is 0.632. The van der Waals surface area contributed by atoms with Crippen molar-refractivity contribution >= 4 is 6.09 Å². The molecule has 0 aliphatic rings. The van der Waals surface area contributed by atoms with Crippen molar-refractivity contribution in [1.29, 1.82) is 0 Å². The van der Waals surface area contributed by atoms with Crippen molar-refractivity contribution in [2.75, 3.05) is 13.2 Å². The molecule has 0 fully saturated rings. The van der Waals surface area contributed by atoms with E-state index in [0.717, 1.165) is 19.3 Å². The lowest BCUT2D eigenvalue weighted by atomic mass is 9.88. The number of benzene rings is 1. The zero-order chi connectivity index (χ0) is 17.3. The number of aliphatic hydroxyl groups is 1. The van der Waals surface area contributed by atoms with Gasteiger partial charge in [-0.3, -0.25) is 0 Å². The molecule has 1 rings (SSSR count). The van der Waals surface area contributed by atoms with Gasteiger partial charge in [0.2, 0.25) is 0 Å². The van der Waals surface area contributed by atoms with Gasteiger partial charge >= 0.3 is 6.09 Å². The second-order valence-electron chi connectivity index (χ2n) is 7.13. The Balaban J connectivity index is 2.45. The van der Waals surface area contributed by atoms with Crippen LogP contribution in [0.15, 0.2) is 30.3 Å². The predicted octanol–water partition coefficient (Wildman–Crippen LogP) is 3.78. The average molecular weight is 321 g/mol. The first-order valence-electron chi connectivity index (χ1n) is 8.45. The molecule has 23 heavy (non-hydrogen) atoms. The number of nitrogens with one attached hydrogen (secondary N) is 1. The van der Waals surface area contributed by atoms with Crippen LogP contribution in [-0.4, -0.2) is 30.0 Å². The van der Waals surface area contributed by atoms with Gasteiger partial charge in [-0.1, -0.05) is 43.7 Å². The van der Waals surface area contributed by atoms with Crippen LogP contribution in [0.3, 0.4) is 0 Å². The third-order valence-corrected chi connectivity index (χ3v) is 3.80. The molecule has 4 heteroatoms. The van der Waals surface area contributed by atoms with Crippen LogP contribution in [0.4, 0.5) is 4.79 Å². The highest BCUT2D eigenvalue weighted by Crippen LogP contribution is 2.19. The Morgan fingerprint density at radius 1 is 1.22 bits per heavy atom. The van der Waals surface area contributed by atoms with Crippen molar-refractivity contribution in [3.05, 3.63) is 35.9 Å². The lowest BCUT2D eigenvalue weighted by Gasteiger charge is -2.24. The van der Waals surface area contributed by atoms with Crippen molar-refractivity contribution in [3.8, 4) is 0 Å². The summed E-state index contributed by atoms with van der Waals surface area (Å²) in [6.07, 6.45) is 2.33. The van der Waals surface area contributed by atoms with Gasteiger partial charge in [0.15, 0.2) is 0 Å². The molecule has 0 bridgehead atoms. The Labute approximate surface area is 140 Å². The lowest BCUT2D eigenvalue weighted by Crippen LogP contribution is -2.35. The van der Waals surface area contributed by atoms with E-state index in [2.05, 4.69) is 24.4 Å². The van der Waals surface area contributed by atoms with E-state index in [1.807, 2.05) is 39.0 Å². The number of carbonyl (C=O) groups excluding carboxylic acids is 1. The third-order valence-electron chi connectivity index (χ3n) is 3.80. The number of alkyl carbamates (subject to hydrolysis) is 1. The molecule has 0 aliphatic heterocycles. The Kier molecular flexibility index (Phi) is 8.10. The Hall–Kier alpha value is -1.55. The Morgan fingerprint density at radius 3 is 2.39 bits per heavy atom. The van der Waals surface area contributed by atoms with E-state index in [4.69, 9.17) is 4.74 Å². The molecule has 2 atom stereocenters. The fourth-order valence-electron chi connectivity index (χ4n) is 2.58. The SMILES string of the molecule is CC[C@H](CNC(=O)OC(C)(C)C)C[C@H](CO)Cc1ccccc1. The maximum Gasteiger partial charge on any atom is 0.407 e. The Morgan fingerprint density at radius 2 is 1.87 bits per heavy atom. The molecular weight excluding hydrogens is 290 g/mol. The highest BCUT2D eigenvalue weighted by molar-refractivity contribution is 5.67. The summed E-state index contributed by atoms with van der Waals surface area (Å²) in [5.41, 5.74) is 0.758. The molecule has 0 unspecified atom stereocenters. The minimum atomic E-state index is -0.479. The molecule has 0 aromatic heterocycles. The van der Waals surface area contributed by atoms with E-state index >= 15 is 0 Å². The standard InChI is InChI=1S/C19H31NO3/c1-5-15(13-20-18(22)23-19(2,3)4)11-17(14-21)12-16-9-7-6-8-10-16/h6-10,15,17,21H,5,11-14H2,1-4H3,(H,20,22)/t15-,17-/m0/s1. The number of carbonyl (C=O) groups is 1. The smallest absolute Gasteiger partial charge is 0.407 e. The monoisotopic (exact) mass is 321 g/mol. The minimum Gasteiger partial charge on any atom is -0.444 e. The van der Waals surface area contributed by atoms with Gasteiger partial charge in [-0.25, -0.2) is 4.79 Å². The van der Waals surface area contributed by atoms with Crippen molar-refractivity contribution in [2.24, 2.45) is 11.8 Å². The fourth-order valence-corrected chi connectivity index (χ4v) is 2.58. The summed E-state index contributed by atoms with van der Waals surface area (Å²) in [5, 5.41) is 12.5. The van der Waals surface area contributed by atoms with E-state index in [1.54, 1.807) is 0 Å². The van der Waals surface area contributed by atoms with Crippen LogP contribution < -0.4 is 5.32 Å². The second kappa shape index (κ2) is 9.56. The average Bonchev–Trinajstić information content (AvgIpc) is 2.49. The molecule has 0 radical (unpaired) electrons. The van der Waals surface area contributed by atoms with Crippen LogP contribution in [0.2, 0.25) is 0 Å². The zero-order valence-corrected chi connectivity index (χ0v) is 14.8. The molecule has 0 heterocycles. The third kappa shape index (κ3) is 8.60. The lowest BCUT2D eigenvalue weighted by molar-refractivity contribution is 0.0515. The van der Waals surface area contributed by atoms with Gasteiger partial charge in [-0.2, -0.15) is 0 Å². The van der Waals surface area contributed by atoms with Crippen LogP contribution in [0, 0.1) is 11.8 Å². The number of ether oxygens (including phenoxy) is 1. The van der Waals surface area contributed by atoms with Gasteiger partial charge < -0.3 is 15.2 Å². The summed E-state index contributed by atoms with van der Waals surface area (Å²) in [4.78, 5) is 11.7. The van der Waals surface area contributed by atoms with Crippen molar-refractivity contribution in [2.45, 2.75) is 52.6 Å². The van der Waals surface area contributed by atoms with Gasteiger partial charge in [0, 0.05) is 13.2 Å². The molecule has 1 aromatic rings. The predicted molar refractivity (Wildman–Crippen MR) is 93.4 cm³/mol. The van der Waals surface area contributed by atoms with E-state index in [0.29, 0.717) is 12.5 Å². The molecule has 0 saturated heterocycles. The second-order valence-corrected chi connectivity index (χ2v) is 7.13. The van der Waals surface area contributed by atoms with Gasteiger partial charge in [-0.05, 0) is 51.0 Å². The molecule has 0 spiro atoms. The van der Waals surface area contributed by atoms with Crippen LogP contribution >= 0.6 is 0 Å². The highest BCUT2D eigenvalue weighted by atomic mass is 16.6.